The molecule has 0 saturated heterocycles. The van der Waals surface area contributed by atoms with E-state index in [2.05, 4.69) is 24.9 Å². The smallest absolute Gasteiger partial charge is 0.369 e. The van der Waals surface area contributed by atoms with Crippen molar-refractivity contribution in [2.45, 2.75) is 207 Å². The fourth-order valence-electron chi connectivity index (χ4n) is 6.34. The molecule has 0 heterocycles. The first kappa shape index (κ1) is 47.0. The first-order chi connectivity index (χ1) is 21.8. The average molecular weight is 674 g/mol. The van der Waals surface area contributed by atoms with Gasteiger partial charge in [-0.3, -0.25) is 9.59 Å². The molecule has 0 rings (SSSR count). The lowest BCUT2D eigenvalue weighted by atomic mass is 9.73. The molecular formula is C39H77ClN2O4. The fourth-order valence-corrected chi connectivity index (χ4v) is 6.34. The van der Waals surface area contributed by atoms with Crippen LogP contribution >= 0.6 is 0 Å². The van der Waals surface area contributed by atoms with Crippen LogP contribution in [0.25, 0.3) is 0 Å². The lowest BCUT2D eigenvalue weighted by Gasteiger charge is -2.32. The molecule has 0 aromatic heterocycles. The molecule has 0 aromatic rings. The van der Waals surface area contributed by atoms with Crippen molar-refractivity contribution in [2.24, 2.45) is 11.3 Å². The van der Waals surface area contributed by atoms with Gasteiger partial charge in [0, 0.05) is 13.0 Å². The zero-order chi connectivity index (χ0) is 33.4. The van der Waals surface area contributed by atoms with E-state index in [0.29, 0.717) is 13.0 Å². The largest absolute Gasteiger partial charge is 1.00 e. The van der Waals surface area contributed by atoms with Gasteiger partial charge >= 0.3 is 11.9 Å². The van der Waals surface area contributed by atoms with Crippen LogP contribution in [0.3, 0.4) is 0 Å². The third kappa shape index (κ3) is 27.9. The van der Waals surface area contributed by atoms with Gasteiger partial charge in [-0.05, 0) is 45.4 Å². The summed E-state index contributed by atoms with van der Waals surface area (Å²) in [6, 6.07) is 0. The van der Waals surface area contributed by atoms with Crippen LogP contribution in [0.4, 0.5) is 0 Å². The molecule has 0 bridgehead atoms. The Bertz CT molecular complexity index is 716. The first-order valence-corrected chi connectivity index (χ1v) is 19.6. The van der Waals surface area contributed by atoms with E-state index >= 15 is 0 Å². The molecule has 0 saturated carbocycles. The number of carbonyl (C=O) groups excluding carboxylic acids is 3. The van der Waals surface area contributed by atoms with Gasteiger partial charge in [0.05, 0.1) is 5.41 Å². The van der Waals surface area contributed by atoms with Crippen molar-refractivity contribution in [3.05, 3.63) is 0 Å². The van der Waals surface area contributed by atoms with Gasteiger partial charge in [0.1, 0.15) is 0 Å². The Hall–Kier alpha value is -1.14. The summed E-state index contributed by atoms with van der Waals surface area (Å²) in [5, 5.41) is 3.10. The highest BCUT2D eigenvalue weighted by atomic mass is 35.5. The summed E-state index contributed by atoms with van der Waals surface area (Å²) in [5.41, 5.74) is 2.79. The van der Waals surface area contributed by atoms with Crippen LogP contribution in [0.15, 0.2) is 0 Å². The van der Waals surface area contributed by atoms with Crippen molar-refractivity contribution in [3.63, 3.8) is 0 Å². The lowest BCUT2D eigenvalue weighted by Crippen LogP contribution is -3.00. The van der Waals surface area contributed by atoms with Gasteiger partial charge in [-0.25, -0.2) is 4.79 Å². The molecule has 6 nitrogen and oxygen atoms in total. The fraction of sp³-hybridized carbons (Fsp3) is 0.923. The zero-order valence-corrected chi connectivity index (χ0v) is 31.8. The van der Waals surface area contributed by atoms with Crippen LogP contribution in [0.2, 0.25) is 0 Å². The number of ether oxygens (including phenoxy) is 1. The number of nitrogens with one attached hydrogen (secondary N) is 1. The molecule has 0 spiro atoms. The molecule has 0 aliphatic heterocycles. The van der Waals surface area contributed by atoms with Gasteiger partial charge in [-0.2, -0.15) is 0 Å². The van der Waals surface area contributed by atoms with Crippen LogP contribution < -0.4 is 23.5 Å². The molecule has 274 valence electrons. The second-order valence-electron chi connectivity index (χ2n) is 14.2. The van der Waals surface area contributed by atoms with E-state index in [4.69, 9.17) is 4.74 Å². The molecule has 1 atom stereocenters. The van der Waals surface area contributed by atoms with Crippen molar-refractivity contribution in [1.29, 1.82) is 0 Å². The average Bonchev–Trinajstić information content (AvgIpc) is 3.02. The van der Waals surface area contributed by atoms with E-state index in [-0.39, 0.29) is 30.8 Å². The Balaban J connectivity index is 0. The van der Waals surface area contributed by atoms with Crippen molar-refractivity contribution >= 4 is 17.8 Å². The maximum Gasteiger partial charge on any atom is 0.369 e. The van der Waals surface area contributed by atoms with Gasteiger partial charge in [-0.15, -0.1) is 0 Å². The van der Waals surface area contributed by atoms with Gasteiger partial charge < -0.3 is 28.2 Å². The first-order valence-electron chi connectivity index (χ1n) is 19.6. The van der Waals surface area contributed by atoms with E-state index in [1.54, 1.807) is 0 Å². The van der Waals surface area contributed by atoms with Crippen LogP contribution in [0.1, 0.15) is 207 Å². The third-order valence-corrected chi connectivity index (χ3v) is 9.67. The van der Waals surface area contributed by atoms with Crippen molar-refractivity contribution in [1.82, 2.24) is 5.32 Å². The standard InChI is InChI=1S/C39H76N2O4.ClH/c1-5-7-9-11-13-15-16-17-18-19-20-22-24-26-28-32-36(42)41-33-29-31-35(39(3,4)38(44)45-37(43)34-40)30-27-25-23-21-14-12-10-8-6-2;/h35H,5-34,40H2,1-4H3,(H,41,42);1H. The second-order valence-corrected chi connectivity index (χ2v) is 14.2. The number of carbonyl (C=O) groups is 3. The number of halogens is 1. The molecular weight excluding hydrogens is 596 g/mol. The number of rotatable bonds is 33. The minimum absolute atomic E-state index is 0. The predicted molar refractivity (Wildman–Crippen MR) is 190 cm³/mol. The summed E-state index contributed by atoms with van der Waals surface area (Å²) in [7, 11) is 0. The van der Waals surface area contributed by atoms with Gasteiger partial charge in [0.2, 0.25) is 5.91 Å². The second kappa shape index (κ2) is 33.7. The number of hydrogen-bond acceptors (Lipinski definition) is 4. The number of esters is 2. The van der Waals surface area contributed by atoms with Crippen molar-refractivity contribution in [2.75, 3.05) is 13.1 Å². The van der Waals surface area contributed by atoms with E-state index in [9.17, 15) is 14.4 Å². The highest BCUT2D eigenvalue weighted by Gasteiger charge is 2.38. The minimum Gasteiger partial charge on any atom is -1.00 e. The third-order valence-electron chi connectivity index (χ3n) is 9.67. The Morgan fingerprint density at radius 2 is 0.957 bits per heavy atom. The normalized spacial score (nSPS) is 12.0. The summed E-state index contributed by atoms with van der Waals surface area (Å²) in [6.07, 6.45) is 34.4. The number of amides is 1. The highest BCUT2D eigenvalue weighted by molar-refractivity contribution is 5.88. The van der Waals surface area contributed by atoms with E-state index in [1.165, 1.54) is 135 Å². The molecule has 0 aliphatic carbocycles. The Morgan fingerprint density at radius 1 is 0.587 bits per heavy atom. The van der Waals surface area contributed by atoms with Crippen molar-refractivity contribution in [3.8, 4) is 0 Å². The number of quaternary nitrogens is 1. The highest BCUT2D eigenvalue weighted by Crippen LogP contribution is 2.36. The Kier molecular flexibility index (Phi) is 34.5. The summed E-state index contributed by atoms with van der Waals surface area (Å²) in [5.74, 6) is -0.769. The minimum atomic E-state index is -0.747. The molecule has 4 N–H and O–H groups in total. The number of hydrogen-bond donors (Lipinski definition) is 2. The van der Waals surface area contributed by atoms with Crippen LogP contribution in [0.5, 0.6) is 0 Å². The lowest BCUT2D eigenvalue weighted by molar-refractivity contribution is -0.359. The van der Waals surface area contributed by atoms with Crippen LogP contribution in [-0.2, 0) is 19.1 Å². The zero-order valence-electron chi connectivity index (χ0n) is 31.0. The maximum absolute atomic E-state index is 12.9. The quantitative estimate of drug-likeness (QED) is 0.0444. The Morgan fingerprint density at radius 3 is 1.37 bits per heavy atom. The van der Waals surface area contributed by atoms with E-state index < -0.39 is 17.4 Å². The molecule has 46 heavy (non-hydrogen) atoms. The molecule has 1 unspecified atom stereocenters. The summed E-state index contributed by atoms with van der Waals surface area (Å²) in [4.78, 5) is 37.0. The van der Waals surface area contributed by atoms with Gasteiger partial charge in [0.25, 0.3) is 0 Å². The SMILES string of the molecule is CCCCCCCCCCCCCCCCCC(=O)NCCCC(CCCCCCCCCCC)C(C)(C)C(=O)OC(=O)C[NH3+].[Cl-]. The summed E-state index contributed by atoms with van der Waals surface area (Å²) in [6.45, 7) is 8.92. The summed E-state index contributed by atoms with van der Waals surface area (Å²) < 4.78 is 5.09. The van der Waals surface area contributed by atoms with Crippen LogP contribution in [-0.4, -0.2) is 30.9 Å². The monoisotopic (exact) mass is 673 g/mol. The summed E-state index contributed by atoms with van der Waals surface area (Å²) >= 11 is 0. The van der Waals surface area contributed by atoms with E-state index in [1.807, 2.05) is 13.8 Å². The predicted octanol–water partition coefficient (Wildman–Crippen LogP) is 7.02. The number of unbranched alkanes of at least 4 members (excludes halogenated alkanes) is 22. The van der Waals surface area contributed by atoms with Gasteiger partial charge in [-0.1, -0.05) is 162 Å². The van der Waals surface area contributed by atoms with Gasteiger partial charge in [0.15, 0.2) is 6.54 Å². The molecule has 7 heteroatoms. The molecule has 0 fully saturated rings. The Labute approximate surface area is 291 Å². The molecule has 1 amide bonds. The topological polar surface area (TPSA) is 100 Å². The van der Waals surface area contributed by atoms with Crippen LogP contribution in [0, 0.1) is 11.3 Å². The van der Waals surface area contributed by atoms with E-state index in [0.717, 1.165) is 38.5 Å². The maximum atomic E-state index is 12.9. The molecule has 0 aliphatic rings. The molecule has 0 aromatic carbocycles. The molecule has 0 radical (unpaired) electrons. The van der Waals surface area contributed by atoms with Crippen molar-refractivity contribution < 1.29 is 37.3 Å².